The SMILES string of the molecule is CCCCNC(=O)[C@H](C)N(Cc1ccc(Cl)cc1)C(=O)CN(c1ccc(C23CC4CC(CC(C4)C2)C3)cc1)S(C)(=O)=O. The minimum absolute atomic E-state index is 0.154. The molecule has 0 aromatic heterocycles. The van der Waals surface area contributed by atoms with E-state index in [4.69, 9.17) is 11.6 Å². The standard InChI is InChI=1S/C33H44ClN3O4S/c1-4-5-14-35-32(39)23(2)36(21-24-6-10-29(34)11-7-24)31(38)22-37(42(3,40)41)30-12-8-28(9-13-30)33-18-25-15-26(19-33)17-27(16-25)20-33/h6-13,23,25-27H,4-5,14-22H2,1-3H3,(H,35,39)/t23-,25?,26?,27?,33?/m0/s1. The average molecular weight is 614 g/mol. The van der Waals surface area contributed by atoms with E-state index >= 15 is 0 Å². The van der Waals surface area contributed by atoms with Crippen LogP contribution in [0.2, 0.25) is 5.02 Å². The van der Waals surface area contributed by atoms with E-state index in [1.165, 1.54) is 49.0 Å². The fourth-order valence-electron chi connectivity index (χ4n) is 7.96. The van der Waals surface area contributed by atoms with Gasteiger partial charge in [-0.15, -0.1) is 0 Å². The summed E-state index contributed by atoms with van der Waals surface area (Å²) in [4.78, 5) is 28.3. The van der Waals surface area contributed by atoms with Crippen molar-refractivity contribution >= 4 is 39.1 Å². The van der Waals surface area contributed by atoms with Gasteiger partial charge in [0.05, 0.1) is 11.9 Å². The van der Waals surface area contributed by atoms with Gasteiger partial charge in [-0.3, -0.25) is 13.9 Å². The number of anilines is 1. The highest BCUT2D eigenvalue weighted by Crippen LogP contribution is 2.60. The number of nitrogens with one attached hydrogen (secondary N) is 1. The van der Waals surface area contributed by atoms with Crippen molar-refractivity contribution in [2.75, 3.05) is 23.7 Å². The van der Waals surface area contributed by atoms with Gasteiger partial charge in [-0.05, 0) is 110 Å². The molecular weight excluding hydrogens is 570 g/mol. The molecule has 2 aromatic rings. The van der Waals surface area contributed by atoms with E-state index < -0.39 is 28.5 Å². The van der Waals surface area contributed by atoms with E-state index in [2.05, 4.69) is 17.4 Å². The molecule has 9 heteroatoms. The molecule has 0 heterocycles. The molecule has 4 aliphatic rings. The molecule has 0 unspecified atom stereocenters. The van der Waals surface area contributed by atoms with Crippen LogP contribution in [0.15, 0.2) is 48.5 Å². The zero-order valence-corrected chi connectivity index (χ0v) is 26.6. The van der Waals surface area contributed by atoms with Crippen LogP contribution in [-0.4, -0.2) is 50.5 Å². The number of unbranched alkanes of at least 4 members (excludes halogenated alkanes) is 1. The van der Waals surface area contributed by atoms with E-state index in [0.717, 1.165) is 46.7 Å². The summed E-state index contributed by atoms with van der Waals surface area (Å²) in [6, 6.07) is 14.2. The smallest absolute Gasteiger partial charge is 0.244 e. The van der Waals surface area contributed by atoms with Gasteiger partial charge < -0.3 is 10.2 Å². The number of hydrogen-bond donors (Lipinski definition) is 1. The number of halogens is 1. The monoisotopic (exact) mass is 613 g/mol. The van der Waals surface area contributed by atoms with Gasteiger partial charge >= 0.3 is 0 Å². The Balaban J connectivity index is 1.36. The second-order valence-corrected chi connectivity index (χ2v) is 15.3. The molecule has 2 amide bonds. The third-order valence-corrected chi connectivity index (χ3v) is 11.1. The maximum Gasteiger partial charge on any atom is 0.244 e. The molecular formula is C33H44ClN3O4S. The van der Waals surface area contributed by atoms with Crippen molar-refractivity contribution in [1.29, 1.82) is 0 Å². The number of carbonyl (C=O) groups is 2. The summed E-state index contributed by atoms with van der Waals surface area (Å²) >= 11 is 6.06. The Labute approximate surface area is 256 Å². The van der Waals surface area contributed by atoms with Crippen molar-refractivity contribution in [2.45, 2.75) is 83.2 Å². The molecule has 7 nitrogen and oxygen atoms in total. The highest BCUT2D eigenvalue weighted by molar-refractivity contribution is 7.92. The number of carbonyl (C=O) groups excluding carboxylic acids is 2. The van der Waals surface area contributed by atoms with Gasteiger partial charge in [0.15, 0.2) is 0 Å². The Kier molecular flexibility index (Phi) is 9.24. The van der Waals surface area contributed by atoms with Gasteiger partial charge in [-0.25, -0.2) is 8.42 Å². The highest BCUT2D eigenvalue weighted by Gasteiger charge is 2.51. The van der Waals surface area contributed by atoms with Crippen molar-refractivity contribution < 1.29 is 18.0 Å². The lowest BCUT2D eigenvalue weighted by molar-refractivity contribution is -0.139. The van der Waals surface area contributed by atoms with Crippen LogP contribution in [0.1, 0.15) is 76.3 Å². The molecule has 1 N–H and O–H groups in total. The van der Waals surface area contributed by atoms with Crippen molar-refractivity contribution in [3.8, 4) is 0 Å². The Morgan fingerprint density at radius 2 is 1.55 bits per heavy atom. The number of hydrogen-bond acceptors (Lipinski definition) is 4. The van der Waals surface area contributed by atoms with Crippen molar-refractivity contribution in [1.82, 2.24) is 10.2 Å². The van der Waals surface area contributed by atoms with Gasteiger partial charge in [0.25, 0.3) is 0 Å². The molecule has 0 aliphatic heterocycles. The lowest BCUT2D eigenvalue weighted by Gasteiger charge is -2.57. The first-order valence-corrected chi connectivity index (χ1v) is 17.6. The highest BCUT2D eigenvalue weighted by atomic mass is 35.5. The first-order valence-electron chi connectivity index (χ1n) is 15.4. The fourth-order valence-corrected chi connectivity index (χ4v) is 8.94. The Morgan fingerprint density at radius 1 is 0.976 bits per heavy atom. The zero-order valence-electron chi connectivity index (χ0n) is 25.0. The molecule has 6 rings (SSSR count). The Hall–Kier alpha value is -2.58. The lowest BCUT2D eigenvalue weighted by Crippen LogP contribution is -2.51. The first-order chi connectivity index (χ1) is 20.0. The van der Waals surface area contributed by atoms with Crippen LogP contribution < -0.4 is 9.62 Å². The van der Waals surface area contributed by atoms with Gasteiger partial charge in [0.2, 0.25) is 21.8 Å². The minimum atomic E-state index is -3.78. The largest absolute Gasteiger partial charge is 0.354 e. The predicted molar refractivity (Wildman–Crippen MR) is 168 cm³/mol. The van der Waals surface area contributed by atoms with Crippen LogP contribution in [0, 0.1) is 17.8 Å². The fraction of sp³-hybridized carbons (Fsp3) is 0.576. The first kappa shape index (κ1) is 30.9. The molecule has 0 saturated heterocycles. The summed E-state index contributed by atoms with van der Waals surface area (Å²) in [6.45, 7) is 4.01. The topological polar surface area (TPSA) is 86.8 Å². The average Bonchev–Trinajstić information content (AvgIpc) is 2.94. The van der Waals surface area contributed by atoms with Crippen LogP contribution in [0.4, 0.5) is 5.69 Å². The van der Waals surface area contributed by atoms with Gasteiger partial charge in [0, 0.05) is 18.1 Å². The van der Waals surface area contributed by atoms with Crippen LogP contribution in [-0.2, 0) is 31.6 Å². The molecule has 4 saturated carbocycles. The second kappa shape index (κ2) is 12.6. The van der Waals surface area contributed by atoms with Crippen LogP contribution in [0.25, 0.3) is 0 Å². The van der Waals surface area contributed by atoms with Crippen LogP contribution >= 0.6 is 11.6 Å². The normalized spacial score (nSPS) is 25.2. The van der Waals surface area contributed by atoms with E-state index in [1.54, 1.807) is 19.1 Å². The van der Waals surface area contributed by atoms with E-state index in [9.17, 15) is 18.0 Å². The summed E-state index contributed by atoms with van der Waals surface area (Å²) in [6.07, 6.45) is 10.7. The number of benzene rings is 2. The maximum atomic E-state index is 13.8. The maximum absolute atomic E-state index is 13.8. The lowest BCUT2D eigenvalue weighted by atomic mass is 9.48. The molecule has 4 aliphatic carbocycles. The van der Waals surface area contributed by atoms with Gasteiger partial charge in [0.1, 0.15) is 12.6 Å². The molecule has 228 valence electrons. The minimum Gasteiger partial charge on any atom is -0.354 e. The number of sulfonamides is 1. The van der Waals surface area contributed by atoms with Crippen molar-refractivity contribution in [3.63, 3.8) is 0 Å². The molecule has 2 aromatic carbocycles. The van der Waals surface area contributed by atoms with Crippen LogP contribution in [0.3, 0.4) is 0 Å². The second-order valence-electron chi connectivity index (χ2n) is 13.0. The summed E-state index contributed by atoms with van der Waals surface area (Å²) < 4.78 is 27.2. The molecule has 0 radical (unpaired) electrons. The number of amides is 2. The summed E-state index contributed by atoms with van der Waals surface area (Å²) in [5, 5.41) is 3.47. The van der Waals surface area contributed by atoms with E-state index in [0.29, 0.717) is 17.3 Å². The third kappa shape index (κ3) is 6.80. The van der Waals surface area contributed by atoms with Crippen LogP contribution in [0.5, 0.6) is 0 Å². The number of nitrogens with zero attached hydrogens (tertiary/aromatic N) is 2. The van der Waals surface area contributed by atoms with Gasteiger partial charge in [-0.1, -0.05) is 49.2 Å². The molecule has 1 atom stereocenters. The van der Waals surface area contributed by atoms with Crippen molar-refractivity contribution in [2.24, 2.45) is 17.8 Å². The molecule has 0 spiro atoms. The summed E-state index contributed by atoms with van der Waals surface area (Å²) in [5.41, 5.74) is 2.76. The Morgan fingerprint density at radius 3 is 2.07 bits per heavy atom. The predicted octanol–water partition coefficient (Wildman–Crippen LogP) is 5.91. The molecule has 4 fully saturated rings. The Bertz CT molecular complexity index is 1340. The summed E-state index contributed by atoms with van der Waals surface area (Å²) in [7, 11) is -3.78. The van der Waals surface area contributed by atoms with Gasteiger partial charge in [-0.2, -0.15) is 0 Å². The zero-order chi connectivity index (χ0) is 30.1. The van der Waals surface area contributed by atoms with E-state index in [-0.39, 0.29) is 17.9 Å². The molecule has 4 bridgehead atoms. The number of rotatable bonds is 12. The quantitative estimate of drug-likeness (QED) is 0.302. The van der Waals surface area contributed by atoms with Crippen molar-refractivity contribution in [3.05, 3.63) is 64.7 Å². The summed E-state index contributed by atoms with van der Waals surface area (Å²) in [5.74, 6) is 1.73. The molecule has 42 heavy (non-hydrogen) atoms. The third-order valence-electron chi connectivity index (χ3n) is 9.75. The van der Waals surface area contributed by atoms with E-state index in [1.807, 2.05) is 31.2 Å².